The minimum Gasteiger partial charge on any atom is -0.336 e. The Hall–Kier alpha value is -2.21. The predicted octanol–water partition coefficient (Wildman–Crippen LogP) is 0.690. The van der Waals surface area contributed by atoms with Gasteiger partial charge in [0.2, 0.25) is 0 Å². The Balaban J connectivity index is 1.81. The Bertz CT molecular complexity index is 648. The quantitative estimate of drug-likeness (QED) is 0.754. The lowest BCUT2D eigenvalue weighted by Gasteiger charge is -2.34. The van der Waals surface area contributed by atoms with Gasteiger partial charge in [-0.3, -0.25) is 19.3 Å². The van der Waals surface area contributed by atoms with E-state index in [0.717, 1.165) is 24.5 Å². The average Bonchev–Trinajstić information content (AvgIpc) is 2.78. The van der Waals surface area contributed by atoms with Crippen LogP contribution < -0.4 is 0 Å². The number of amides is 3. The number of carbonyl (C=O) groups is 3. The summed E-state index contributed by atoms with van der Waals surface area (Å²) in [5, 5.41) is 0. The first-order chi connectivity index (χ1) is 10.5. The maximum absolute atomic E-state index is 12.6. The molecule has 3 rings (SSSR count). The molecule has 0 radical (unpaired) electrons. The molecule has 6 nitrogen and oxygen atoms in total. The second kappa shape index (κ2) is 5.53. The van der Waals surface area contributed by atoms with Crippen LogP contribution in [-0.2, 0) is 0 Å². The number of benzene rings is 1. The molecule has 1 aromatic carbocycles. The van der Waals surface area contributed by atoms with Crippen LogP contribution in [0.5, 0.6) is 0 Å². The lowest BCUT2D eigenvalue weighted by atomic mass is 10.0. The fraction of sp³-hybridized carbons (Fsp3) is 0.438. The van der Waals surface area contributed by atoms with E-state index >= 15 is 0 Å². The van der Waals surface area contributed by atoms with Crippen molar-refractivity contribution in [1.29, 1.82) is 0 Å². The van der Waals surface area contributed by atoms with Crippen LogP contribution in [0.15, 0.2) is 18.2 Å². The van der Waals surface area contributed by atoms with Crippen LogP contribution in [0.2, 0.25) is 0 Å². The third kappa shape index (κ3) is 2.29. The normalized spacial score (nSPS) is 18.8. The molecule has 0 bridgehead atoms. The summed E-state index contributed by atoms with van der Waals surface area (Å²) in [4.78, 5) is 41.6. The Morgan fingerprint density at radius 3 is 2.32 bits per heavy atom. The molecule has 2 aliphatic rings. The standard InChI is InChI=1S/C16H19N3O3/c1-3-18-6-8-19(9-7-18)14(20)11-4-5-12-13(10-11)16(22)17(2)15(12)21/h4-5,10H,3,6-9H2,1-2H3. The highest BCUT2D eigenvalue weighted by molar-refractivity contribution is 6.21. The zero-order valence-corrected chi connectivity index (χ0v) is 12.8. The van der Waals surface area contributed by atoms with Crippen molar-refractivity contribution in [2.24, 2.45) is 0 Å². The van der Waals surface area contributed by atoms with Crippen LogP contribution in [0.1, 0.15) is 38.0 Å². The molecule has 1 aromatic rings. The number of carbonyl (C=O) groups excluding carboxylic acids is 3. The minimum atomic E-state index is -0.342. The SMILES string of the molecule is CCN1CCN(C(=O)c2ccc3c(c2)C(=O)N(C)C3=O)CC1. The molecule has 6 heteroatoms. The van der Waals surface area contributed by atoms with Gasteiger partial charge in [-0.2, -0.15) is 0 Å². The van der Waals surface area contributed by atoms with Crippen LogP contribution >= 0.6 is 0 Å². The van der Waals surface area contributed by atoms with Crippen molar-refractivity contribution < 1.29 is 14.4 Å². The second-order valence-corrected chi connectivity index (χ2v) is 5.66. The van der Waals surface area contributed by atoms with E-state index < -0.39 is 0 Å². The molecule has 0 aliphatic carbocycles. The molecule has 0 saturated carbocycles. The van der Waals surface area contributed by atoms with Gasteiger partial charge in [-0.1, -0.05) is 6.92 Å². The third-order valence-corrected chi connectivity index (χ3v) is 4.44. The smallest absolute Gasteiger partial charge is 0.261 e. The van der Waals surface area contributed by atoms with Gasteiger partial charge in [-0.25, -0.2) is 0 Å². The molecule has 2 aliphatic heterocycles. The number of hydrogen-bond acceptors (Lipinski definition) is 4. The molecule has 2 heterocycles. The van der Waals surface area contributed by atoms with Gasteiger partial charge in [-0.05, 0) is 24.7 Å². The summed E-state index contributed by atoms with van der Waals surface area (Å²) < 4.78 is 0. The van der Waals surface area contributed by atoms with Crippen molar-refractivity contribution >= 4 is 17.7 Å². The van der Waals surface area contributed by atoms with E-state index in [0.29, 0.717) is 29.8 Å². The highest BCUT2D eigenvalue weighted by Crippen LogP contribution is 2.23. The molecule has 3 amide bonds. The van der Waals surface area contributed by atoms with E-state index in [1.807, 2.05) is 0 Å². The van der Waals surface area contributed by atoms with Crippen molar-refractivity contribution in [3.8, 4) is 0 Å². The van der Waals surface area contributed by atoms with E-state index in [2.05, 4.69) is 11.8 Å². The Labute approximate surface area is 129 Å². The Morgan fingerprint density at radius 2 is 1.68 bits per heavy atom. The first kappa shape index (κ1) is 14.7. The lowest BCUT2D eigenvalue weighted by molar-refractivity contribution is 0.0642. The summed E-state index contributed by atoms with van der Waals surface area (Å²) in [6.07, 6.45) is 0. The van der Waals surface area contributed by atoms with E-state index in [1.165, 1.54) is 7.05 Å². The number of hydrogen-bond donors (Lipinski definition) is 0. The first-order valence-electron chi connectivity index (χ1n) is 7.51. The summed E-state index contributed by atoms with van der Waals surface area (Å²) in [5.41, 5.74) is 1.17. The zero-order valence-electron chi connectivity index (χ0n) is 12.8. The number of rotatable bonds is 2. The molecule has 0 unspecified atom stereocenters. The van der Waals surface area contributed by atoms with Gasteiger partial charge in [0.05, 0.1) is 11.1 Å². The molecule has 0 N–H and O–H groups in total. The van der Waals surface area contributed by atoms with Gasteiger partial charge in [0.15, 0.2) is 0 Å². The van der Waals surface area contributed by atoms with Crippen LogP contribution in [0, 0.1) is 0 Å². The van der Waals surface area contributed by atoms with Crippen molar-refractivity contribution in [2.75, 3.05) is 39.8 Å². The van der Waals surface area contributed by atoms with Crippen LogP contribution in [0.25, 0.3) is 0 Å². The largest absolute Gasteiger partial charge is 0.336 e. The van der Waals surface area contributed by atoms with Crippen molar-refractivity contribution in [3.63, 3.8) is 0 Å². The molecule has 1 fully saturated rings. The summed E-state index contributed by atoms with van der Waals surface area (Å²) >= 11 is 0. The summed E-state index contributed by atoms with van der Waals surface area (Å²) in [6, 6.07) is 4.76. The number of piperazine rings is 1. The van der Waals surface area contributed by atoms with Crippen molar-refractivity contribution in [3.05, 3.63) is 34.9 Å². The van der Waals surface area contributed by atoms with Gasteiger partial charge in [0.25, 0.3) is 17.7 Å². The Kier molecular flexibility index (Phi) is 3.70. The molecular weight excluding hydrogens is 282 g/mol. The highest BCUT2D eigenvalue weighted by Gasteiger charge is 2.33. The first-order valence-corrected chi connectivity index (χ1v) is 7.51. The number of fused-ring (bicyclic) bond motifs is 1. The molecular formula is C16H19N3O3. The second-order valence-electron chi connectivity index (χ2n) is 5.66. The number of likely N-dealkylation sites (N-methyl/N-ethyl adjacent to an activating group) is 1. The molecule has 0 atom stereocenters. The highest BCUT2D eigenvalue weighted by atomic mass is 16.2. The van der Waals surface area contributed by atoms with Gasteiger partial charge in [0.1, 0.15) is 0 Å². The molecule has 0 aromatic heterocycles. The molecule has 1 saturated heterocycles. The lowest BCUT2D eigenvalue weighted by Crippen LogP contribution is -2.48. The van der Waals surface area contributed by atoms with Crippen LogP contribution in [0.3, 0.4) is 0 Å². The third-order valence-electron chi connectivity index (χ3n) is 4.44. The van der Waals surface area contributed by atoms with E-state index in [9.17, 15) is 14.4 Å². The number of imide groups is 1. The zero-order chi connectivity index (χ0) is 15.9. The summed E-state index contributed by atoms with van der Waals surface area (Å²) in [6.45, 7) is 6.22. The molecule has 0 spiro atoms. The summed E-state index contributed by atoms with van der Waals surface area (Å²) in [7, 11) is 1.45. The maximum Gasteiger partial charge on any atom is 0.261 e. The van der Waals surface area contributed by atoms with E-state index in [-0.39, 0.29) is 17.7 Å². The predicted molar refractivity (Wildman–Crippen MR) is 80.9 cm³/mol. The molecule has 22 heavy (non-hydrogen) atoms. The van der Waals surface area contributed by atoms with Gasteiger partial charge >= 0.3 is 0 Å². The molecule has 116 valence electrons. The van der Waals surface area contributed by atoms with E-state index in [4.69, 9.17) is 0 Å². The van der Waals surface area contributed by atoms with Crippen LogP contribution in [0.4, 0.5) is 0 Å². The van der Waals surface area contributed by atoms with Crippen LogP contribution in [-0.4, -0.2) is 72.2 Å². The van der Waals surface area contributed by atoms with Crippen molar-refractivity contribution in [1.82, 2.24) is 14.7 Å². The van der Waals surface area contributed by atoms with Gasteiger partial charge in [-0.15, -0.1) is 0 Å². The maximum atomic E-state index is 12.6. The minimum absolute atomic E-state index is 0.0756. The average molecular weight is 301 g/mol. The van der Waals surface area contributed by atoms with Gasteiger partial charge < -0.3 is 9.80 Å². The topological polar surface area (TPSA) is 60.9 Å². The summed E-state index contributed by atoms with van der Waals surface area (Å²) in [5.74, 6) is -0.727. The van der Waals surface area contributed by atoms with Gasteiger partial charge in [0, 0.05) is 38.8 Å². The monoisotopic (exact) mass is 301 g/mol. The number of nitrogens with zero attached hydrogens (tertiary/aromatic N) is 3. The van der Waals surface area contributed by atoms with E-state index in [1.54, 1.807) is 23.1 Å². The van der Waals surface area contributed by atoms with Crippen molar-refractivity contribution in [2.45, 2.75) is 6.92 Å². The Morgan fingerprint density at radius 1 is 1.05 bits per heavy atom. The fourth-order valence-electron chi connectivity index (χ4n) is 2.94. The fourth-order valence-corrected chi connectivity index (χ4v) is 2.94.